The molecule has 0 radical (unpaired) electrons. The van der Waals surface area contributed by atoms with E-state index < -0.39 is 32.5 Å². The molecule has 304 valence electrons. The number of esters is 2. The molecule has 0 aliphatic rings. The number of allylic oxidation sites excluding steroid dienone is 5. The quantitative estimate of drug-likeness (QED) is 0.0117. The number of phosphoric acid groups is 1. The van der Waals surface area contributed by atoms with Gasteiger partial charge in [0.05, 0.1) is 27.7 Å². The van der Waals surface area contributed by atoms with Gasteiger partial charge < -0.3 is 27.9 Å². The number of nitrogens with zero attached hydrogens (tertiary/aromatic N) is 1. The molecular formula is C42H78NO8P. The topological polar surface area (TPSA) is 111 Å². The molecule has 0 saturated carbocycles. The summed E-state index contributed by atoms with van der Waals surface area (Å²) in [5.74, 6) is -1.11. The lowest BCUT2D eigenvalue weighted by Crippen LogP contribution is -2.37. The third kappa shape index (κ3) is 38.0. The van der Waals surface area contributed by atoms with Crippen LogP contribution in [0.5, 0.6) is 0 Å². The number of ether oxygens (including phenoxy) is 2. The Bertz CT molecular complexity index is 991. The molecule has 2 atom stereocenters. The van der Waals surface area contributed by atoms with Crippen molar-refractivity contribution in [3.05, 3.63) is 36.5 Å². The highest BCUT2D eigenvalue weighted by Gasteiger charge is 2.21. The van der Waals surface area contributed by atoms with Gasteiger partial charge in [0.1, 0.15) is 19.8 Å². The summed E-state index contributed by atoms with van der Waals surface area (Å²) in [5.41, 5.74) is 0. The lowest BCUT2D eigenvalue weighted by Gasteiger charge is -2.28. The van der Waals surface area contributed by atoms with Crippen molar-refractivity contribution in [3.8, 4) is 0 Å². The molecule has 0 saturated heterocycles. The van der Waals surface area contributed by atoms with Crippen molar-refractivity contribution in [2.45, 2.75) is 174 Å². The second kappa shape index (κ2) is 35.0. The number of rotatable bonds is 37. The molecule has 1 unspecified atom stereocenters. The summed E-state index contributed by atoms with van der Waals surface area (Å²) < 4.78 is 33.6. The number of likely N-dealkylation sites (N-methyl/N-ethyl adjacent to an activating group) is 1. The number of carbonyl (C=O) groups is 2. The van der Waals surface area contributed by atoms with Gasteiger partial charge in [0.15, 0.2) is 6.10 Å². The van der Waals surface area contributed by atoms with Crippen LogP contribution in [0.1, 0.15) is 168 Å². The Hall–Kier alpha value is -1.77. The molecule has 10 heteroatoms. The Kier molecular flexibility index (Phi) is 33.8. The molecule has 0 bridgehead atoms. The zero-order valence-electron chi connectivity index (χ0n) is 34.0. The van der Waals surface area contributed by atoms with Gasteiger partial charge in [-0.1, -0.05) is 147 Å². The molecule has 9 nitrogen and oxygen atoms in total. The van der Waals surface area contributed by atoms with Crippen LogP contribution in [-0.4, -0.2) is 70.0 Å². The summed E-state index contributed by atoms with van der Waals surface area (Å²) in [6.45, 7) is 4.06. The summed E-state index contributed by atoms with van der Waals surface area (Å²) in [7, 11) is 1.10. The van der Waals surface area contributed by atoms with Crippen LogP contribution in [0, 0.1) is 0 Å². The van der Waals surface area contributed by atoms with Crippen LogP contribution in [-0.2, 0) is 32.7 Å². The first-order chi connectivity index (χ1) is 25.0. The zero-order valence-corrected chi connectivity index (χ0v) is 34.9. The van der Waals surface area contributed by atoms with E-state index in [2.05, 4.69) is 26.0 Å². The summed E-state index contributed by atoms with van der Waals surface area (Å²) in [4.78, 5) is 37.3. The van der Waals surface area contributed by atoms with E-state index in [-0.39, 0.29) is 19.6 Å². The molecule has 0 aromatic carbocycles. The van der Waals surface area contributed by atoms with Gasteiger partial charge in [-0.05, 0) is 44.9 Å². The first-order valence-corrected chi connectivity index (χ1v) is 22.2. The fraction of sp³-hybridized carbons (Fsp3) is 0.810. The second-order valence-corrected chi connectivity index (χ2v) is 16.5. The van der Waals surface area contributed by atoms with Crippen LogP contribution in [0.15, 0.2) is 36.5 Å². The molecule has 0 fully saturated rings. The highest BCUT2D eigenvalue weighted by Crippen LogP contribution is 2.38. The fourth-order valence-corrected chi connectivity index (χ4v) is 6.17. The van der Waals surface area contributed by atoms with Gasteiger partial charge in [-0.3, -0.25) is 9.36 Å². The molecule has 0 spiro atoms. The van der Waals surface area contributed by atoms with Crippen molar-refractivity contribution in [2.75, 3.05) is 47.5 Å². The number of hydrogen-bond donors (Lipinski definition) is 0. The molecule has 0 heterocycles. The molecule has 0 aliphatic carbocycles. The number of quaternary nitrogens is 1. The largest absolute Gasteiger partial charge is 0.756 e. The molecule has 0 rings (SSSR count). The third-order valence-corrected chi connectivity index (χ3v) is 9.70. The first kappa shape index (κ1) is 50.2. The highest BCUT2D eigenvalue weighted by molar-refractivity contribution is 7.45. The van der Waals surface area contributed by atoms with Crippen molar-refractivity contribution in [3.63, 3.8) is 0 Å². The Morgan fingerprint density at radius 1 is 0.635 bits per heavy atom. The van der Waals surface area contributed by atoms with E-state index in [0.717, 1.165) is 38.5 Å². The third-order valence-electron chi connectivity index (χ3n) is 8.74. The maximum Gasteiger partial charge on any atom is 0.331 e. The standard InChI is InChI=1S/C42H78NO8P/c1-6-8-10-12-14-16-18-20-21-23-25-27-29-31-33-35-42(45)51-40(39-50-52(46,47)49-37-36-43(3,4)5)38-48-41(44)34-32-30-28-26-24-22-19-17-15-13-11-9-7-2/h22,24,29,31,33,35,40H,6-21,23,25-28,30,32,34,36-39H2,1-5H3/b24-22+,31-29+,35-33+/t40-/m1/s1. The lowest BCUT2D eigenvalue weighted by atomic mass is 10.1. The van der Waals surface area contributed by atoms with Crippen LogP contribution >= 0.6 is 7.82 Å². The minimum atomic E-state index is -4.65. The highest BCUT2D eigenvalue weighted by atomic mass is 31.2. The maximum atomic E-state index is 12.5. The van der Waals surface area contributed by atoms with Gasteiger partial charge in [-0.15, -0.1) is 0 Å². The maximum absolute atomic E-state index is 12.5. The van der Waals surface area contributed by atoms with E-state index in [4.69, 9.17) is 18.5 Å². The van der Waals surface area contributed by atoms with E-state index in [0.29, 0.717) is 17.4 Å². The molecule has 0 aromatic heterocycles. The molecule has 0 aromatic rings. The van der Waals surface area contributed by atoms with E-state index >= 15 is 0 Å². The molecule has 0 amide bonds. The van der Waals surface area contributed by atoms with Crippen molar-refractivity contribution in [1.29, 1.82) is 0 Å². The van der Waals surface area contributed by atoms with Gasteiger partial charge in [-0.2, -0.15) is 0 Å². The van der Waals surface area contributed by atoms with Gasteiger partial charge in [0, 0.05) is 12.5 Å². The number of hydrogen-bond acceptors (Lipinski definition) is 8. The Balaban J connectivity index is 4.53. The van der Waals surface area contributed by atoms with Gasteiger partial charge in [-0.25, -0.2) is 4.79 Å². The Labute approximate surface area is 319 Å². The van der Waals surface area contributed by atoms with Gasteiger partial charge >= 0.3 is 11.9 Å². The molecular weight excluding hydrogens is 677 g/mol. The number of unbranched alkanes of at least 4 members (excludes halogenated alkanes) is 20. The minimum absolute atomic E-state index is 0.0487. The summed E-state index contributed by atoms with van der Waals surface area (Å²) in [6, 6.07) is 0. The average Bonchev–Trinajstić information content (AvgIpc) is 3.09. The van der Waals surface area contributed by atoms with Gasteiger partial charge in [0.25, 0.3) is 7.82 Å². The summed E-state index contributed by atoms with van der Waals surface area (Å²) >= 11 is 0. The molecule has 0 aliphatic heterocycles. The second-order valence-electron chi connectivity index (χ2n) is 15.1. The predicted molar refractivity (Wildman–Crippen MR) is 213 cm³/mol. The predicted octanol–water partition coefficient (Wildman–Crippen LogP) is 10.7. The molecule has 0 N–H and O–H groups in total. The van der Waals surface area contributed by atoms with Crippen molar-refractivity contribution < 1.29 is 42.1 Å². The smallest absolute Gasteiger partial charge is 0.331 e. The SMILES string of the molecule is CCCCCCCC/C=C/CCCCCC(=O)OC[C@H](COP(=O)([O-])OCC[N+](C)(C)C)OC(=O)/C=C/C=C/CCCCCCCCCCCCC. The van der Waals surface area contributed by atoms with Crippen molar-refractivity contribution in [2.24, 2.45) is 0 Å². The number of carbonyl (C=O) groups excluding carboxylic acids is 2. The van der Waals surface area contributed by atoms with Crippen LogP contribution < -0.4 is 4.89 Å². The van der Waals surface area contributed by atoms with Crippen LogP contribution in [0.25, 0.3) is 0 Å². The summed E-state index contributed by atoms with van der Waals surface area (Å²) in [5, 5.41) is 0. The van der Waals surface area contributed by atoms with E-state index in [9.17, 15) is 19.0 Å². The van der Waals surface area contributed by atoms with Crippen LogP contribution in [0.2, 0.25) is 0 Å². The zero-order chi connectivity index (χ0) is 38.6. The van der Waals surface area contributed by atoms with E-state index in [1.807, 2.05) is 33.3 Å². The first-order valence-electron chi connectivity index (χ1n) is 20.7. The van der Waals surface area contributed by atoms with Gasteiger partial charge in [0.2, 0.25) is 0 Å². The number of phosphoric ester groups is 1. The monoisotopic (exact) mass is 756 g/mol. The van der Waals surface area contributed by atoms with Crippen LogP contribution in [0.4, 0.5) is 0 Å². The van der Waals surface area contributed by atoms with E-state index in [1.54, 1.807) is 6.08 Å². The van der Waals surface area contributed by atoms with E-state index in [1.165, 1.54) is 109 Å². The average molecular weight is 756 g/mol. The van der Waals surface area contributed by atoms with Crippen molar-refractivity contribution in [1.82, 2.24) is 0 Å². The summed E-state index contributed by atoms with van der Waals surface area (Å²) in [6.07, 6.45) is 38.1. The minimum Gasteiger partial charge on any atom is -0.756 e. The Morgan fingerprint density at radius 3 is 1.63 bits per heavy atom. The normalized spacial score (nSPS) is 14.0. The Morgan fingerprint density at radius 2 is 1.12 bits per heavy atom. The van der Waals surface area contributed by atoms with Crippen molar-refractivity contribution >= 4 is 19.8 Å². The molecule has 52 heavy (non-hydrogen) atoms. The fourth-order valence-electron chi connectivity index (χ4n) is 5.44. The lowest BCUT2D eigenvalue weighted by molar-refractivity contribution is -0.870. The van der Waals surface area contributed by atoms with Crippen LogP contribution in [0.3, 0.4) is 0 Å².